The molecule has 21 heavy (non-hydrogen) atoms. The minimum atomic E-state index is 0.572. The second-order valence-corrected chi connectivity index (χ2v) is 7.91. The lowest BCUT2D eigenvalue weighted by Crippen LogP contribution is -2.39. The highest BCUT2D eigenvalue weighted by atomic mass is 16.6. The molecule has 2 bridgehead atoms. The number of hydrogen-bond acceptors (Lipinski definition) is 3. The lowest BCUT2D eigenvalue weighted by Gasteiger charge is -2.30. The van der Waals surface area contributed by atoms with Crippen LogP contribution < -0.4 is 0 Å². The number of nitrogens with zero attached hydrogens (tertiary/aromatic N) is 2. The topological polar surface area (TPSA) is 24.8 Å². The van der Waals surface area contributed by atoms with Crippen LogP contribution in [-0.2, 0) is 4.84 Å². The maximum Gasteiger partial charge on any atom is 0.129 e. The molecule has 0 aromatic rings. The standard InChI is InChI=1S/C18H32N2O/c1-12(2)20(13(3)4)8-9-21-19-18-11-14-10-17(18)16-7-5-6-15(14)16/h12-17H,5-11H2,1-4H3/b19-18+/t14-,15-,16-,17-/m0/s1. The molecule has 3 nitrogen and oxygen atoms in total. The fourth-order valence-corrected chi connectivity index (χ4v) is 5.31. The molecule has 3 rings (SSSR count). The molecule has 0 spiro atoms. The average Bonchev–Trinajstić information content (AvgIpc) is 3.09. The van der Waals surface area contributed by atoms with Crippen LogP contribution in [0.1, 0.15) is 59.8 Å². The van der Waals surface area contributed by atoms with E-state index in [0.717, 1.165) is 36.8 Å². The predicted molar refractivity (Wildman–Crippen MR) is 87.4 cm³/mol. The fourth-order valence-electron chi connectivity index (χ4n) is 5.31. The molecule has 0 radical (unpaired) electrons. The maximum absolute atomic E-state index is 5.70. The summed E-state index contributed by atoms with van der Waals surface area (Å²) in [5, 5.41) is 4.55. The third-order valence-electron chi connectivity index (χ3n) is 6.15. The van der Waals surface area contributed by atoms with Gasteiger partial charge in [-0.1, -0.05) is 11.6 Å². The first-order chi connectivity index (χ1) is 10.1. The predicted octanol–water partition coefficient (Wildman–Crippen LogP) is 3.93. The smallest absolute Gasteiger partial charge is 0.129 e. The van der Waals surface area contributed by atoms with Crippen molar-refractivity contribution >= 4 is 5.71 Å². The molecular formula is C18H32N2O. The zero-order chi connectivity index (χ0) is 15.0. The Morgan fingerprint density at radius 1 is 1.14 bits per heavy atom. The van der Waals surface area contributed by atoms with Crippen LogP contribution in [0.2, 0.25) is 0 Å². The molecule has 0 amide bonds. The minimum absolute atomic E-state index is 0.572. The summed E-state index contributed by atoms with van der Waals surface area (Å²) in [6.07, 6.45) is 7.01. The molecule has 0 aromatic heterocycles. The highest BCUT2D eigenvalue weighted by molar-refractivity contribution is 5.90. The highest BCUT2D eigenvalue weighted by Crippen LogP contribution is 2.57. The number of fused-ring (bicyclic) bond motifs is 5. The molecule has 3 aliphatic carbocycles. The van der Waals surface area contributed by atoms with Crippen molar-refractivity contribution in [2.45, 2.75) is 71.9 Å². The summed E-state index contributed by atoms with van der Waals surface area (Å²) in [5.74, 6) is 3.70. The van der Waals surface area contributed by atoms with Crippen molar-refractivity contribution in [3.05, 3.63) is 0 Å². The molecule has 3 saturated carbocycles. The van der Waals surface area contributed by atoms with Crippen LogP contribution in [0, 0.1) is 23.7 Å². The van der Waals surface area contributed by atoms with Crippen LogP contribution in [0.3, 0.4) is 0 Å². The van der Waals surface area contributed by atoms with Crippen molar-refractivity contribution < 1.29 is 4.84 Å². The van der Waals surface area contributed by atoms with E-state index in [0.29, 0.717) is 12.1 Å². The molecule has 4 atom stereocenters. The minimum Gasteiger partial charge on any atom is -0.394 e. The van der Waals surface area contributed by atoms with E-state index in [9.17, 15) is 0 Å². The first-order valence-corrected chi connectivity index (χ1v) is 9.02. The van der Waals surface area contributed by atoms with E-state index in [1.54, 1.807) is 0 Å². The van der Waals surface area contributed by atoms with Crippen LogP contribution in [-0.4, -0.2) is 35.8 Å². The van der Waals surface area contributed by atoms with E-state index >= 15 is 0 Å². The van der Waals surface area contributed by atoms with Crippen molar-refractivity contribution in [1.82, 2.24) is 4.90 Å². The lowest BCUT2D eigenvalue weighted by atomic mass is 9.81. The summed E-state index contributed by atoms with van der Waals surface area (Å²) in [5.41, 5.74) is 1.39. The monoisotopic (exact) mass is 292 g/mol. The van der Waals surface area contributed by atoms with Gasteiger partial charge in [-0.05, 0) is 71.1 Å². The molecule has 0 aliphatic heterocycles. The Hall–Kier alpha value is -0.570. The summed E-state index contributed by atoms with van der Waals surface area (Å²) in [6.45, 7) is 10.7. The van der Waals surface area contributed by atoms with Crippen LogP contribution in [0.15, 0.2) is 5.16 Å². The lowest BCUT2D eigenvalue weighted by molar-refractivity contribution is 0.0812. The van der Waals surface area contributed by atoms with Crippen molar-refractivity contribution in [2.24, 2.45) is 28.8 Å². The van der Waals surface area contributed by atoms with Gasteiger partial charge in [-0.2, -0.15) is 0 Å². The Morgan fingerprint density at radius 2 is 1.86 bits per heavy atom. The van der Waals surface area contributed by atoms with E-state index in [1.165, 1.54) is 37.8 Å². The molecule has 0 saturated heterocycles. The second-order valence-electron chi connectivity index (χ2n) is 7.91. The van der Waals surface area contributed by atoms with Gasteiger partial charge >= 0.3 is 0 Å². The van der Waals surface area contributed by atoms with E-state index in [2.05, 4.69) is 37.8 Å². The number of oxime groups is 1. The largest absolute Gasteiger partial charge is 0.394 e. The molecular weight excluding hydrogens is 260 g/mol. The summed E-state index contributed by atoms with van der Waals surface area (Å²) >= 11 is 0. The van der Waals surface area contributed by atoms with Gasteiger partial charge in [0.25, 0.3) is 0 Å². The number of rotatable bonds is 6. The summed E-state index contributed by atoms with van der Waals surface area (Å²) < 4.78 is 0. The molecule has 3 aliphatic rings. The van der Waals surface area contributed by atoms with Gasteiger partial charge in [-0.25, -0.2) is 0 Å². The first kappa shape index (κ1) is 15.3. The molecule has 0 aromatic carbocycles. The van der Waals surface area contributed by atoms with Crippen LogP contribution in [0.25, 0.3) is 0 Å². The van der Waals surface area contributed by atoms with Crippen LogP contribution in [0.4, 0.5) is 0 Å². The molecule has 3 heteroatoms. The van der Waals surface area contributed by atoms with Gasteiger partial charge in [0.2, 0.25) is 0 Å². The van der Waals surface area contributed by atoms with Gasteiger partial charge in [0.15, 0.2) is 0 Å². The van der Waals surface area contributed by atoms with Gasteiger partial charge in [0.05, 0.1) is 5.71 Å². The Labute approximate surface area is 130 Å². The average molecular weight is 292 g/mol. The Morgan fingerprint density at radius 3 is 2.57 bits per heavy atom. The van der Waals surface area contributed by atoms with Gasteiger partial charge in [0, 0.05) is 24.5 Å². The van der Waals surface area contributed by atoms with Crippen molar-refractivity contribution in [1.29, 1.82) is 0 Å². The van der Waals surface area contributed by atoms with E-state index in [1.807, 2.05) is 0 Å². The number of hydrogen-bond donors (Lipinski definition) is 0. The third-order valence-corrected chi connectivity index (χ3v) is 6.15. The Bertz CT molecular complexity index is 383. The SMILES string of the molecule is CC(C)N(CCO/N=C1\C[C@@H]2C[C@H]1[C@H]1CCC[C@@H]21)C(C)C. The zero-order valence-corrected chi connectivity index (χ0v) is 14.2. The highest BCUT2D eigenvalue weighted by Gasteiger charge is 2.52. The molecule has 0 unspecified atom stereocenters. The quantitative estimate of drug-likeness (QED) is 0.547. The summed E-state index contributed by atoms with van der Waals surface area (Å²) in [6, 6.07) is 1.14. The van der Waals surface area contributed by atoms with Crippen molar-refractivity contribution in [3.63, 3.8) is 0 Å². The van der Waals surface area contributed by atoms with Crippen LogP contribution in [0.5, 0.6) is 0 Å². The third kappa shape index (κ3) is 2.99. The summed E-state index contributed by atoms with van der Waals surface area (Å²) in [7, 11) is 0. The van der Waals surface area contributed by atoms with Crippen molar-refractivity contribution in [2.75, 3.05) is 13.2 Å². The van der Waals surface area contributed by atoms with E-state index < -0.39 is 0 Å². The molecule has 3 fully saturated rings. The van der Waals surface area contributed by atoms with E-state index in [-0.39, 0.29) is 0 Å². The van der Waals surface area contributed by atoms with Crippen molar-refractivity contribution in [3.8, 4) is 0 Å². The van der Waals surface area contributed by atoms with Gasteiger partial charge in [-0.3, -0.25) is 4.90 Å². The zero-order valence-electron chi connectivity index (χ0n) is 14.2. The van der Waals surface area contributed by atoms with E-state index in [4.69, 9.17) is 4.84 Å². The maximum atomic E-state index is 5.70. The van der Waals surface area contributed by atoms with Crippen LogP contribution >= 0.6 is 0 Å². The van der Waals surface area contributed by atoms with Gasteiger partial charge in [0.1, 0.15) is 6.61 Å². The normalized spacial score (nSPS) is 36.4. The van der Waals surface area contributed by atoms with Gasteiger partial charge in [-0.15, -0.1) is 0 Å². The molecule has 0 heterocycles. The second kappa shape index (κ2) is 6.28. The van der Waals surface area contributed by atoms with Gasteiger partial charge < -0.3 is 4.84 Å². The first-order valence-electron chi connectivity index (χ1n) is 9.02. The molecule has 0 N–H and O–H groups in total. The summed E-state index contributed by atoms with van der Waals surface area (Å²) in [4.78, 5) is 8.16. The Balaban J connectivity index is 1.47. The molecule has 120 valence electrons. The Kier molecular flexibility index (Phi) is 4.58. The fraction of sp³-hybridized carbons (Fsp3) is 0.944.